The second kappa shape index (κ2) is 9.13. The maximum atomic E-state index is 12.5. The fourth-order valence-corrected chi connectivity index (χ4v) is 2.76. The second-order valence-electron chi connectivity index (χ2n) is 6.00. The number of phenols is 1. The largest absolute Gasteiger partial charge is 0.504 e. The Bertz CT molecular complexity index is 1210. The predicted molar refractivity (Wildman–Crippen MR) is 114 cm³/mol. The van der Waals surface area contributed by atoms with Crippen LogP contribution in [-0.2, 0) is 0 Å². The number of aromatic nitrogens is 2. The quantitative estimate of drug-likeness (QED) is 0.321. The molecule has 0 saturated heterocycles. The third-order valence-corrected chi connectivity index (χ3v) is 4.51. The molecular weight excluding hydrogens is 430 g/mol. The number of ether oxygens (including phenoxy) is 2. The average molecular weight is 446 g/mol. The van der Waals surface area contributed by atoms with Crippen molar-refractivity contribution in [3.05, 3.63) is 73.6 Å². The molecule has 12 heteroatoms. The molecule has 0 unspecified atom stereocenters. The van der Waals surface area contributed by atoms with E-state index in [1.54, 1.807) is 24.3 Å². The Kier molecular flexibility index (Phi) is 6.36. The van der Waals surface area contributed by atoms with Crippen molar-refractivity contribution in [2.75, 3.05) is 19.6 Å². The standard InChI is InChI=1S/C19H16ClN5O6/c1-30-13-5-3-12(4-6-13)24-19(27)18(20)14(10-22-24)23-21-9-11-7-16(26)17(31-2)8-15(11)25(28)29/h3-10,23,26H,1-2H3/b21-9-. The highest BCUT2D eigenvalue weighted by molar-refractivity contribution is 6.32. The molecule has 3 aromatic rings. The van der Waals surface area contributed by atoms with Crippen LogP contribution in [-0.4, -0.2) is 40.2 Å². The van der Waals surface area contributed by atoms with Gasteiger partial charge in [-0.05, 0) is 30.3 Å². The molecule has 1 heterocycles. The molecule has 0 fully saturated rings. The zero-order valence-corrected chi connectivity index (χ0v) is 17.0. The Morgan fingerprint density at radius 2 is 1.97 bits per heavy atom. The number of hydrogen-bond acceptors (Lipinski definition) is 9. The SMILES string of the molecule is COc1ccc(-n2ncc(N/N=C\c3cc(O)c(OC)cc3[N+](=O)[O-])c(Cl)c2=O)cc1. The molecule has 2 N–H and O–H groups in total. The van der Waals surface area contributed by atoms with Crippen molar-refractivity contribution in [1.82, 2.24) is 9.78 Å². The zero-order chi connectivity index (χ0) is 22.5. The number of nitrogens with zero attached hydrogens (tertiary/aromatic N) is 4. The third kappa shape index (κ3) is 4.56. The number of phenolic OH excluding ortho intramolecular Hbond substituents is 1. The molecule has 0 amide bonds. The molecule has 0 saturated carbocycles. The Morgan fingerprint density at radius 3 is 2.58 bits per heavy atom. The molecular formula is C19H16ClN5O6. The Morgan fingerprint density at radius 1 is 1.26 bits per heavy atom. The van der Waals surface area contributed by atoms with Crippen LogP contribution in [0, 0.1) is 10.1 Å². The van der Waals surface area contributed by atoms with Crippen LogP contribution in [0.4, 0.5) is 11.4 Å². The highest BCUT2D eigenvalue weighted by atomic mass is 35.5. The first-order valence-electron chi connectivity index (χ1n) is 8.62. The summed E-state index contributed by atoms with van der Waals surface area (Å²) in [6, 6.07) is 8.83. The van der Waals surface area contributed by atoms with Gasteiger partial charge < -0.3 is 14.6 Å². The van der Waals surface area contributed by atoms with Crippen LogP contribution in [0.1, 0.15) is 5.56 Å². The van der Waals surface area contributed by atoms with E-state index in [0.717, 1.165) is 23.0 Å². The number of nitro groups is 1. The first kappa shape index (κ1) is 21.6. The fraction of sp³-hybridized carbons (Fsp3) is 0.105. The van der Waals surface area contributed by atoms with Crippen LogP contribution < -0.4 is 20.5 Å². The molecule has 0 radical (unpaired) electrons. The van der Waals surface area contributed by atoms with Gasteiger partial charge in [-0.2, -0.15) is 14.9 Å². The topological polar surface area (TPSA) is 141 Å². The van der Waals surface area contributed by atoms with E-state index < -0.39 is 10.5 Å². The van der Waals surface area contributed by atoms with E-state index in [9.17, 15) is 20.0 Å². The van der Waals surface area contributed by atoms with Crippen LogP contribution in [0.3, 0.4) is 0 Å². The van der Waals surface area contributed by atoms with Gasteiger partial charge in [-0.15, -0.1) is 0 Å². The van der Waals surface area contributed by atoms with E-state index in [1.165, 1.54) is 20.4 Å². The van der Waals surface area contributed by atoms with Crippen molar-refractivity contribution in [3.8, 4) is 22.9 Å². The number of rotatable bonds is 7. The highest BCUT2D eigenvalue weighted by Crippen LogP contribution is 2.32. The maximum Gasteiger partial charge on any atom is 0.292 e. The summed E-state index contributed by atoms with van der Waals surface area (Å²) in [6.07, 6.45) is 2.38. The number of aromatic hydroxyl groups is 1. The Labute approximate surface area is 180 Å². The molecule has 11 nitrogen and oxygen atoms in total. The maximum absolute atomic E-state index is 12.5. The third-order valence-electron chi connectivity index (χ3n) is 4.15. The molecule has 0 aliphatic carbocycles. The van der Waals surface area contributed by atoms with Gasteiger partial charge in [-0.3, -0.25) is 20.3 Å². The molecule has 0 aliphatic heterocycles. The summed E-state index contributed by atoms with van der Waals surface area (Å²) < 4.78 is 11.0. The van der Waals surface area contributed by atoms with Crippen molar-refractivity contribution >= 4 is 29.2 Å². The number of anilines is 1. The summed E-state index contributed by atoms with van der Waals surface area (Å²) in [7, 11) is 2.80. The van der Waals surface area contributed by atoms with Gasteiger partial charge in [0.25, 0.3) is 11.2 Å². The number of benzene rings is 2. The van der Waals surface area contributed by atoms with Gasteiger partial charge in [0.1, 0.15) is 16.5 Å². The van der Waals surface area contributed by atoms with Crippen molar-refractivity contribution in [2.24, 2.45) is 5.10 Å². The number of nitrogens with one attached hydrogen (secondary N) is 1. The monoisotopic (exact) mass is 445 g/mol. The van der Waals surface area contributed by atoms with Gasteiger partial charge in [-0.1, -0.05) is 11.6 Å². The van der Waals surface area contributed by atoms with E-state index in [4.69, 9.17) is 21.1 Å². The van der Waals surface area contributed by atoms with E-state index in [1.807, 2.05) is 0 Å². The molecule has 0 spiro atoms. The van der Waals surface area contributed by atoms with Crippen molar-refractivity contribution in [1.29, 1.82) is 0 Å². The zero-order valence-electron chi connectivity index (χ0n) is 16.3. The first-order valence-corrected chi connectivity index (χ1v) is 9.00. The summed E-state index contributed by atoms with van der Waals surface area (Å²) >= 11 is 6.14. The van der Waals surface area contributed by atoms with Crippen LogP contribution in [0.25, 0.3) is 5.69 Å². The minimum Gasteiger partial charge on any atom is -0.504 e. The summed E-state index contributed by atoms with van der Waals surface area (Å²) in [4.78, 5) is 23.1. The van der Waals surface area contributed by atoms with Crippen molar-refractivity contribution in [2.45, 2.75) is 0 Å². The summed E-state index contributed by atoms with van der Waals surface area (Å²) in [5.74, 6) is 0.275. The normalized spacial score (nSPS) is 10.8. The van der Waals surface area contributed by atoms with Crippen LogP contribution in [0.15, 0.2) is 52.5 Å². The number of hydrazone groups is 1. The second-order valence-corrected chi connectivity index (χ2v) is 6.38. The molecule has 0 aliphatic rings. The lowest BCUT2D eigenvalue weighted by Gasteiger charge is -2.08. The van der Waals surface area contributed by atoms with Crippen LogP contribution in [0.2, 0.25) is 5.02 Å². The Hall–Kier alpha value is -4.12. The van der Waals surface area contributed by atoms with Gasteiger partial charge in [0.15, 0.2) is 11.5 Å². The molecule has 160 valence electrons. The lowest BCUT2D eigenvalue weighted by molar-refractivity contribution is -0.385. The van der Waals surface area contributed by atoms with Crippen molar-refractivity contribution < 1.29 is 19.5 Å². The summed E-state index contributed by atoms with van der Waals surface area (Å²) in [6.45, 7) is 0. The summed E-state index contributed by atoms with van der Waals surface area (Å²) in [5.41, 5.74) is 2.16. The molecule has 0 atom stereocenters. The van der Waals surface area contributed by atoms with E-state index >= 15 is 0 Å². The number of hydrogen-bond donors (Lipinski definition) is 2. The van der Waals surface area contributed by atoms with E-state index in [0.29, 0.717) is 11.4 Å². The van der Waals surface area contributed by atoms with E-state index in [2.05, 4.69) is 15.6 Å². The van der Waals surface area contributed by atoms with E-state index in [-0.39, 0.29) is 33.5 Å². The molecule has 2 aromatic carbocycles. The van der Waals surface area contributed by atoms with Gasteiger partial charge in [-0.25, -0.2) is 0 Å². The lowest BCUT2D eigenvalue weighted by atomic mass is 10.1. The fourth-order valence-electron chi connectivity index (χ4n) is 2.59. The van der Waals surface area contributed by atoms with Crippen molar-refractivity contribution in [3.63, 3.8) is 0 Å². The molecule has 1 aromatic heterocycles. The molecule has 31 heavy (non-hydrogen) atoms. The van der Waals surface area contributed by atoms with Crippen LogP contribution >= 0.6 is 11.6 Å². The van der Waals surface area contributed by atoms with Crippen LogP contribution in [0.5, 0.6) is 17.2 Å². The molecule has 3 rings (SSSR count). The lowest BCUT2D eigenvalue weighted by Crippen LogP contribution is -2.22. The minimum absolute atomic E-state index is 0.00598. The minimum atomic E-state index is -0.645. The van der Waals surface area contributed by atoms with Gasteiger partial charge in [0.2, 0.25) is 0 Å². The average Bonchev–Trinajstić information content (AvgIpc) is 2.77. The first-order chi connectivity index (χ1) is 14.8. The number of halogens is 1. The van der Waals surface area contributed by atoms with Gasteiger partial charge in [0.05, 0.1) is 48.9 Å². The van der Waals surface area contributed by atoms with Gasteiger partial charge >= 0.3 is 0 Å². The number of methoxy groups -OCH3 is 2. The Balaban J connectivity index is 1.86. The molecule has 0 bridgehead atoms. The smallest absolute Gasteiger partial charge is 0.292 e. The number of nitro benzene ring substituents is 1. The van der Waals surface area contributed by atoms with Gasteiger partial charge in [0, 0.05) is 0 Å². The summed E-state index contributed by atoms with van der Waals surface area (Å²) in [5, 5.41) is 28.8. The highest BCUT2D eigenvalue weighted by Gasteiger charge is 2.17. The predicted octanol–water partition coefficient (Wildman–Crippen LogP) is 2.96.